The Balaban J connectivity index is 0.920. The minimum absolute atomic E-state index is 0.117. The number of carbonyl (C=O) groups excluding carboxylic acids is 3. The molecular weight excluding hydrogens is 919 g/mol. The summed E-state index contributed by atoms with van der Waals surface area (Å²) in [6.07, 6.45) is 11.6. The van der Waals surface area contributed by atoms with E-state index in [0.29, 0.717) is 119 Å². The smallest absolute Gasteiger partial charge is 0.314 e. The standard InChI is InChI=1S/C54H75NO14S/c1-3-47(56)64-34-11-7-5-9-32-62-42-22-26-44(27-23-42)67-52(59)39-15-13-38(14-16-39)51(58)66-36-31-37-21-30-46(49(55)50(37)70)69-54(61)41-19-17-40(18-20-41)53(60)68-45-28-24-43(25-29-45)63-33-10-6-8-12-35-65-48(57)4-2/h4,21-30,38-41,47-48,51,56-58,70H,2-3,5-20,31-36,55H2,1H3. The first kappa shape index (κ1) is 56.2. The van der Waals surface area contributed by atoms with Gasteiger partial charge in [0.25, 0.3) is 0 Å². The molecule has 2 fully saturated rings. The number of benzene rings is 3. The maximum absolute atomic E-state index is 13.2. The van der Waals surface area contributed by atoms with Crippen LogP contribution in [0.2, 0.25) is 0 Å². The van der Waals surface area contributed by atoms with Crippen LogP contribution >= 0.6 is 12.6 Å². The summed E-state index contributed by atoms with van der Waals surface area (Å²) >= 11 is 4.62. The molecule has 16 heteroatoms. The largest absolute Gasteiger partial charge is 0.494 e. The predicted molar refractivity (Wildman–Crippen MR) is 267 cm³/mol. The normalized spacial score (nSPS) is 19.3. The summed E-state index contributed by atoms with van der Waals surface area (Å²) in [6.45, 7) is 7.75. The van der Waals surface area contributed by atoms with E-state index in [1.165, 1.54) is 6.08 Å². The van der Waals surface area contributed by atoms with Crippen molar-refractivity contribution in [2.24, 2.45) is 23.7 Å². The number of hydrogen-bond donors (Lipinski definition) is 5. The summed E-state index contributed by atoms with van der Waals surface area (Å²) < 4.78 is 45.0. The molecule has 15 nitrogen and oxygen atoms in total. The Hall–Kier alpha value is -4.68. The monoisotopic (exact) mass is 993 g/mol. The van der Waals surface area contributed by atoms with Crippen LogP contribution in [0.4, 0.5) is 5.69 Å². The summed E-state index contributed by atoms with van der Waals surface area (Å²) in [6, 6.07) is 17.4. The van der Waals surface area contributed by atoms with Crippen molar-refractivity contribution in [2.45, 2.75) is 146 Å². The Kier molecular flexibility index (Phi) is 24.8. The molecule has 0 bridgehead atoms. The molecule has 0 aromatic heterocycles. The summed E-state index contributed by atoms with van der Waals surface area (Å²) in [5, 5.41) is 29.6. The third-order valence-corrected chi connectivity index (χ3v) is 13.4. The summed E-state index contributed by atoms with van der Waals surface area (Å²) in [5.41, 5.74) is 7.39. The highest BCUT2D eigenvalue weighted by Gasteiger charge is 2.34. The molecule has 0 amide bonds. The fourth-order valence-corrected chi connectivity index (χ4v) is 8.76. The number of nitrogen functional groups attached to an aromatic ring is 1. The van der Waals surface area contributed by atoms with Crippen LogP contribution in [0.1, 0.15) is 122 Å². The van der Waals surface area contributed by atoms with Crippen LogP contribution in [0.5, 0.6) is 28.7 Å². The Morgan fingerprint density at radius 2 is 1.04 bits per heavy atom. The number of anilines is 1. The van der Waals surface area contributed by atoms with Crippen molar-refractivity contribution in [3.8, 4) is 28.7 Å². The molecule has 0 spiro atoms. The lowest BCUT2D eigenvalue weighted by Crippen LogP contribution is -2.32. The van der Waals surface area contributed by atoms with Crippen LogP contribution in [-0.4, -0.2) is 85.1 Å². The minimum atomic E-state index is -0.993. The van der Waals surface area contributed by atoms with Crippen molar-refractivity contribution < 1.29 is 67.6 Å². The van der Waals surface area contributed by atoms with E-state index >= 15 is 0 Å². The number of aliphatic hydroxyl groups is 3. The van der Waals surface area contributed by atoms with Gasteiger partial charge in [-0.15, -0.1) is 12.6 Å². The molecule has 3 atom stereocenters. The molecule has 5 N–H and O–H groups in total. The van der Waals surface area contributed by atoms with Gasteiger partial charge in [-0.25, -0.2) is 0 Å². The first-order chi connectivity index (χ1) is 33.9. The van der Waals surface area contributed by atoms with Crippen LogP contribution < -0.4 is 29.4 Å². The highest BCUT2D eigenvalue weighted by molar-refractivity contribution is 7.80. The van der Waals surface area contributed by atoms with Crippen molar-refractivity contribution in [1.82, 2.24) is 0 Å². The number of rotatable bonds is 31. The number of carbonyl (C=O) groups is 3. The SMILES string of the molecule is C=CC(O)OCCCCCCOc1ccc(OC(=O)C2CCC(C(=O)Oc3ccc(CCOC(O)C4CCC(C(=O)Oc5ccc(OCCCCCCOC(O)CC)cc5)CC4)c(S)c3N)CC2)cc1. The van der Waals surface area contributed by atoms with Crippen molar-refractivity contribution in [2.75, 3.05) is 38.8 Å². The van der Waals surface area contributed by atoms with Gasteiger partial charge in [-0.3, -0.25) is 14.4 Å². The van der Waals surface area contributed by atoms with E-state index in [2.05, 4.69) is 19.2 Å². The van der Waals surface area contributed by atoms with E-state index in [0.717, 1.165) is 56.9 Å². The Morgan fingerprint density at radius 3 is 1.53 bits per heavy atom. The second-order valence-electron chi connectivity index (χ2n) is 18.1. The van der Waals surface area contributed by atoms with E-state index in [-0.39, 0.29) is 53.7 Å². The summed E-state index contributed by atoms with van der Waals surface area (Å²) in [5.74, 6) is 0.375. The molecule has 2 aliphatic rings. The average Bonchev–Trinajstić information content (AvgIpc) is 3.38. The number of nitrogens with two attached hydrogens (primary N) is 1. The lowest BCUT2D eigenvalue weighted by molar-refractivity contribution is -0.151. The zero-order valence-corrected chi connectivity index (χ0v) is 41.6. The van der Waals surface area contributed by atoms with Gasteiger partial charge in [0.15, 0.2) is 24.6 Å². The van der Waals surface area contributed by atoms with Crippen LogP contribution in [0.3, 0.4) is 0 Å². The van der Waals surface area contributed by atoms with Gasteiger partial charge in [-0.05, 0) is 169 Å². The molecule has 2 saturated carbocycles. The van der Waals surface area contributed by atoms with Gasteiger partial charge >= 0.3 is 17.9 Å². The van der Waals surface area contributed by atoms with Crippen LogP contribution in [-0.2, 0) is 35.0 Å². The lowest BCUT2D eigenvalue weighted by Gasteiger charge is -2.30. The first-order valence-electron chi connectivity index (χ1n) is 25.2. The number of hydrogen-bond acceptors (Lipinski definition) is 16. The lowest BCUT2D eigenvalue weighted by atomic mass is 9.81. The van der Waals surface area contributed by atoms with Crippen molar-refractivity contribution >= 4 is 36.2 Å². The van der Waals surface area contributed by atoms with E-state index in [4.69, 9.17) is 43.6 Å². The van der Waals surface area contributed by atoms with E-state index in [1.54, 1.807) is 60.7 Å². The fraction of sp³-hybridized carbons (Fsp3) is 0.574. The molecule has 0 aliphatic heterocycles. The number of unbranched alkanes of at least 4 members (excludes halogenated alkanes) is 6. The molecule has 5 rings (SSSR count). The number of aliphatic hydroxyl groups excluding tert-OH is 3. The molecular formula is C54H75NO14S. The van der Waals surface area contributed by atoms with Crippen molar-refractivity contribution in [3.63, 3.8) is 0 Å². The molecule has 2 aliphatic carbocycles. The Bertz CT molecular complexity index is 2020. The average molecular weight is 994 g/mol. The molecule has 386 valence electrons. The zero-order valence-electron chi connectivity index (χ0n) is 40.7. The summed E-state index contributed by atoms with van der Waals surface area (Å²) in [7, 11) is 0. The third kappa shape index (κ3) is 19.5. The fourth-order valence-electron chi connectivity index (χ4n) is 8.46. The topological polar surface area (TPSA) is 212 Å². The van der Waals surface area contributed by atoms with Gasteiger partial charge in [0.2, 0.25) is 0 Å². The maximum Gasteiger partial charge on any atom is 0.314 e. The molecule has 3 unspecified atom stereocenters. The minimum Gasteiger partial charge on any atom is -0.494 e. The van der Waals surface area contributed by atoms with Gasteiger partial charge in [0.1, 0.15) is 23.0 Å². The van der Waals surface area contributed by atoms with Gasteiger partial charge < -0.3 is 58.9 Å². The van der Waals surface area contributed by atoms with Gasteiger partial charge in [0.05, 0.1) is 49.9 Å². The van der Waals surface area contributed by atoms with Crippen LogP contribution in [0, 0.1) is 23.7 Å². The third-order valence-electron chi connectivity index (χ3n) is 12.9. The first-order valence-corrected chi connectivity index (χ1v) is 25.6. The zero-order chi connectivity index (χ0) is 50.1. The van der Waals surface area contributed by atoms with Crippen LogP contribution in [0.15, 0.2) is 78.2 Å². The molecule has 0 saturated heterocycles. The van der Waals surface area contributed by atoms with Crippen molar-refractivity contribution in [3.05, 3.63) is 78.9 Å². The highest BCUT2D eigenvalue weighted by atomic mass is 32.1. The molecule has 3 aromatic carbocycles. The predicted octanol–water partition coefficient (Wildman–Crippen LogP) is 9.31. The summed E-state index contributed by atoms with van der Waals surface area (Å²) in [4.78, 5) is 39.6. The van der Waals surface area contributed by atoms with Crippen LogP contribution in [0.25, 0.3) is 0 Å². The molecule has 0 radical (unpaired) electrons. The molecule has 3 aromatic rings. The maximum atomic E-state index is 13.2. The molecule has 70 heavy (non-hydrogen) atoms. The van der Waals surface area contributed by atoms with Gasteiger partial charge in [-0.2, -0.15) is 0 Å². The molecule has 0 heterocycles. The van der Waals surface area contributed by atoms with E-state index < -0.39 is 24.8 Å². The van der Waals surface area contributed by atoms with Gasteiger partial charge in [-0.1, -0.05) is 32.4 Å². The number of ether oxygens (including phenoxy) is 8. The number of thiol groups is 1. The highest BCUT2D eigenvalue weighted by Crippen LogP contribution is 2.36. The number of esters is 3. The van der Waals surface area contributed by atoms with E-state index in [1.807, 2.05) is 6.92 Å². The second kappa shape index (κ2) is 30.9. The Labute approximate surface area is 418 Å². The quantitative estimate of drug-likeness (QED) is 0.00773. The Morgan fingerprint density at radius 1 is 0.600 bits per heavy atom. The van der Waals surface area contributed by atoms with Gasteiger partial charge in [0, 0.05) is 17.4 Å². The second-order valence-corrected chi connectivity index (χ2v) is 18.6. The van der Waals surface area contributed by atoms with E-state index in [9.17, 15) is 29.7 Å². The van der Waals surface area contributed by atoms with Crippen molar-refractivity contribution in [1.29, 1.82) is 0 Å².